The smallest absolute Gasteiger partial charge is 0.446 e. The lowest BCUT2D eigenvalue weighted by Crippen LogP contribution is -2.46. The van der Waals surface area contributed by atoms with Crippen molar-refractivity contribution in [2.75, 3.05) is 0 Å². The first-order chi connectivity index (χ1) is 10.4. The van der Waals surface area contributed by atoms with E-state index in [1.807, 2.05) is 0 Å². The maximum atomic E-state index is 12.2. The Balaban J connectivity index is 2.66. The third kappa shape index (κ3) is 7.40. The summed E-state index contributed by atoms with van der Waals surface area (Å²) in [6, 6.07) is 4.80. The van der Waals surface area contributed by atoms with Crippen LogP contribution in [0.2, 0.25) is 0 Å². The summed E-state index contributed by atoms with van der Waals surface area (Å²) in [5, 5.41) is 2.67. The molecule has 0 bridgehead atoms. The minimum Gasteiger partial charge on any atom is -0.449 e. The van der Waals surface area contributed by atoms with Crippen LogP contribution in [-0.2, 0) is 9.53 Å². The van der Waals surface area contributed by atoms with E-state index in [0.717, 1.165) is 0 Å². The van der Waals surface area contributed by atoms with E-state index in [4.69, 9.17) is 4.74 Å². The second kappa shape index (κ2) is 7.25. The van der Waals surface area contributed by atoms with Crippen molar-refractivity contribution in [2.45, 2.75) is 49.7 Å². The molecule has 0 unspecified atom stereocenters. The molecular weight excluding hydrogens is 331 g/mol. The van der Waals surface area contributed by atoms with Gasteiger partial charge in [0, 0.05) is 10.4 Å². The largest absolute Gasteiger partial charge is 0.449 e. The van der Waals surface area contributed by atoms with Crippen LogP contribution in [0.15, 0.2) is 29.2 Å². The van der Waals surface area contributed by atoms with Crippen molar-refractivity contribution in [1.82, 2.24) is 5.32 Å². The maximum Gasteiger partial charge on any atom is 0.446 e. The standard InChI is InChI=1S/C15H18F3NO3S/c1-9(12(20)19-14(2,3)4)22-13(21)10-5-7-11(8-6-10)23-15(16,17)18/h5-9H,1-4H3,(H,19,20)/t9-/m0/s1. The highest BCUT2D eigenvalue weighted by Gasteiger charge is 2.29. The summed E-state index contributed by atoms with van der Waals surface area (Å²) in [5.74, 6) is -1.22. The zero-order valence-corrected chi connectivity index (χ0v) is 14.0. The summed E-state index contributed by atoms with van der Waals surface area (Å²) in [5.41, 5.74) is -4.78. The number of amides is 1. The van der Waals surface area contributed by atoms with Crippen molar-refractivity contribution in [3.05, 3.63) is 29.8 Å². The van der Waals surface area contributed by atoms with Crippen LogP contribution in [0.1, 0.15) is 38.1 Å². The van der Waals surface area contributed by atoms with Gasteiger partial charge in [-0.2, -0.15) is 13.2 Å². The van der Waals surface area contributed by atoms with Gasteiger partial charge >= 0.3 is 11.5 Å². The van der Waals surface area contributed by atoms with Gasteiger partial charge in [-0.05, 0) is 63.7 Å². The Morgan fingerprint density at radius 3 is 2.09 bits per heavy atom. The van der Waals surface area contributed by atoms with Crippen molar-refractivity contribution in [2.24, 2.45) is 0 Å². The summed E-state index contributed by atoms with van der Waals surface area (Å²) in [6.07, 6.45) is -1.01. The fourth-order valence-corrected chi connectivity index (χ4v) is 2.09. The molecule has 0 saturated heterocycles. The number of esters is 1. The average Bonchev–Trinajstić information content (AvgIpc) is 2.35. The van der Waals surface area contributed by atoms with Crippen LogP contribution in [0.25, 0.3) is 0 Å². The molecule has 23 heavy (non-hydrogen) atoms. The highest BCUT2D eigenvalue weighted by atomic mass is 32.2. The molecule has 1 N–H and O–H groups in total. The van der Waals surface area contributed by atoms with Gasteiger partial charge in [0.15, 0.2) is 6.10 Å². The molecule has 0 aliphatic heterocycles. The van der Waals surface area contributed by atoms with Crippen LogP contribution in [0.4, 0.5) is 13.2 Å². The molecule has 0 aromatic heterocycles. The Morgan fingerprint density at radius 2 is 1.65 bits per heavy atom. The van der Waals surface area contributed by atoms with Gasteiger partial charge in [0.2, 0.25) is 0 Å². The number of nitrogens with one attached hydrogen (secondary N) is 1. The van der Waals surface area contributed by atoms with Gasteiger partial charge in [-0.3, -0.25) is 4.79 Å². The molecule has 1 amide bonds. The Bertz CT molecular complexity index is 565. The maximum absolute atomic E-state index is 12.2. The van der Waals surface area contributed by atoms with Crippen molar-refractivity contribution in [3.8, 4) is 0 Å². The molecule has 8 heteroatoms. The molecule has 0 heterocycles. The van der Waals surface area contributed by atoms with E-state index in [9.17, 15) is 22.8 Å². The highest BCUT2D eigenvalue weighted by Crippen LogP contribution is 2.36. The summed E-state index contributed by atoms with van der Waals surface area (Å²) in [4.78, 5) is 23.7. The average molecular weight is 349 g/mol. The predicted octanol–water partition coefficient (Wildman–Crippen LogP) is 3.76. The third-order valence-corrected chi connectivity index (χ3v) is 3.21. The van der Waals surface area contributed by atoms with Crippen molar-refractivity contribution in [3.63, 3.8) is 0 Å². The minimum atomic E-state index is -4.39. The van der Waals surface area contributed by atoms with E-state index < -0.39 is 29.0 Å². The van der Waals surface area contributed by atoms with E-state index in [1.165, 1.54) is 31.2 Å². The van der Waals surface area contributed by atoms with Gasteiger partial charge in [0.25, 0.3) is 5.91 Å². The lowest BCUT2D eigenvalue weighted by Gasteiger charge is -2.23. The van der Waals surface area contributed by atoms with Crippen LogP contribution in [0.3, 0.4) is 0 Å². The quantitative estimate of drug-likeness (QED) is 0.664. The number of halogens is 3. The Morgan fingerprint density at radius 1 is 1.13 bits per heavy atom. The fraction of sp³-hybridized carbons (Fsp3) is 0.467. The van der Waals surface area contributed by atoms with Gasteiger partial charge in [0.05, 0.1) is 5.56 Å². The molecule has 1 rings (SSSR count). The number of benzene rings is 1. The van der Waals surface area contributed by atoms with Crippen LogP contribution >= 0.6 is 11.8 Å². The van der Waals surface area contributed by atoms with E-state index in [1.54, 1.807) is 20.8 Å². The summed E-state index contributed by atoms with van der Waals surface area (Å²) < 4.78 is 41.7. The van der Waals surface area contributed by atoms with Gasteiger partial charge in [0.1, 0.15) is 0 Å². The van der Waals surface area contributed by atoms with Crippen molar-refractivity contribution >= 4 is 23.6 Å². The minimum absolute atomic E-state index is 0.0347. The molecule has 0 aliphatic carbocycles. The first kappa shape index (κ1) is 19.3. The zero-order chi connectivity index (χ0) is 17.8. The topological polar surface area (TPSA) is 55.4 Å². The fourth-order valence-electron chi connectivity index (χ4n) is 1.55. The molecular formula is C15H18F3NO3S. The molecule has 1 atom stereocenters. The third-order valence-electron chi connectivity index (χ3n) is 2.47. The van der Waals surface area contributed by atoms with Gasteiger partial charge < -0.3 is 10.1 Å². The normalized spacial score (nSPS) is 13.3. The lowest BCUT2D eigenvalue weighted by molar-refractivity contribution is -0.130. The highest BCUT2D eigenvalue weighted by molar-refractivity contribution is 8.00. The molecule has 0 aliphatic rings. The van der Waals surface area contributed by atoms with Crippen LogP contribution in [-0.4, -0.2) is 29.0 Å². The number of hydrogen-bond donors (Lipinski definition) is 1. The first-order valence-corrected chi connectivity index (χ1v) is 7.58. The van der Waals surface area contributed by atoms with Gasteiger partial charge in [-0.1, -0.05) is 0 Å². The van der Waals surface area contributed by atoms with Crippen LogP contribution < -0.4 is 5.32 Å². The number of alkyl halides is 3. The van der Waals surface area contributed by atoms with Crippen LogP contribution in [0.5, 0.6) is 0 Å². The van der Waals surface area contributed by atoms with E-state index in [2.05, 4.69) is 5.32 Å². The summed E-state index contributed by atoms with van der Waals surface area (Å²) >= 11 is -0.270. The van der Waals surface area contributed by atoms with Crippen molar-refractivity contribution < 1.29 is 27.5 Å². The monoisotopic (exact) mass is 349 g/mol. The van der Waals surface area contributed by atoms with E-state index >= 15 is 0 Å². The number of hydrogen-bond acceptors (Lipinski definition) is 4. The summed E-state index contributed by atoms with van der Waals surface area (Å²) in [6.45, 7) is 6.79. The molecule has 0 radical (unpaired) electrons. The Hall–Kier alpha value is -1.70. The van der Waals surface area contributed by atoms with Gasteiger partial charge in [-0.15, -0.1) is 0 Å². The second-order valence-corrected chi connectivity index (χ2v) is 7.00. The van der Waals surface area contributed by atoms with E-state index in [-0.39, 0.29) is 22.2 Å². The van der Waals surface area contributed by atoms with Gasteiger partial charge in [-0.25, -0.2) is 4.79 Å². The SMILES string of the molecule is C[C@H](OC(=O)c1ccc(SC(F)(F)F)cc1)C(=O)NC(C)(C)C. The number of thioether (sulfide) groups is 1. The predicted molar refractivity (Wildman–Crippen MR) is 81.1 cm³/mol. The molecule has 4 nitrogen and oxygen atoms in total. The van der Waals surface area contributed by atoms with E-state index in [0.29, 0.717) is 0 Å². The van der Waals surface area contributed by atoms with Crippen LogP contribution in [0, 0.1) is 0 Å². The molecule has 1 aromatic carbocycles. The first-order valence-electron chi connectivity index (χ1n) is 6.76. The number of carbonyl (C=O) groups excluding carboxylic acids is 2. The summed E-state index contributed by atoms with van der Waals surface area (Å²) in [7, 11) is 0. The van der Waals surface area contributed by atoms with Crippen molar-refractivity contribution in [1.29, 1.82) is 0 Å². The molecule has 0 spiro atoms. The molecule has 1 aromatic rings. The Kier molecular flexibility index (Phi) is 6.10. The molecule has 0 saturated carbocycles. The Labute approximate surface area is 136 Å². The number of ether oxygens (including phenoxy) is 1. The lowest BCUT2D eigenvalue weighted by atomic mass is 10.1. The molecule has 0 fully saturated rings. The molecule has 128 valence electrons. The second-order valence-electron chi connectivity index (χ2n) is 5.86. The number of rotatable bonds is 4. The zero-order valence-electron chi connectivity index (χ0n) is 13.2. The number of carbonyl (C=O) groups is 2.